The topological polar surface area (TPSA) is 49.2 Å². The molecule has 0 aromatic carbocycles. The number of piperidine rings is 1. The Morgan fingerprint density at radius 2 is 1.88 bits per heavy atom. The average molecular weight is 253 g/mol. The fourth-order valence-corrected chi connectivity index (χ4v) is 4.01. The first-order valence-corrected chi connectivity index (χ1v) is 7.26. The highest BCUT2D eigenvalue weighted by Crippen LogP contribution is 2.40. The fourth-order valence-electron chi connectivity index (χ4n) is 3.02. The minimum absolute atomic E-state index is 0.110. The highest BCUT2D eigenvalue weighted by molar-refractivity contribution is 7.15. The van der Waals surface area contributed by atoms with Gasteiger partial charge in [0.15, 0.2) is 0 Å². The van der Waals surface area contributed by atoms with Crippen molar-refractivity contribution in [3.8, 4) is 0 Å². The molecule has 4 nitrogen and oxygen atoms in total. The number of aliphatic hydroxyl groups is 1. The third kappa shape index (κ3) is 1.95. The first-order chi connectivity index (χ1) is 8.15. The molecule has 1 N–H and O–H groups in total. The van der Waals surface area contributed by atoms with Gasteiger partial charge in [0.2, 0.25) is 5.13 Å². The molecule has 17 heavy (non-hydrogen) atoms. The van der Waals surface area contributed by atoms with Crippen LogP contribution in [0.2, 0.25) is 0 Å². The van der Waals surface area contributed by atoms with Gasteiger partial charge in [-0.15, -0.1) is 10.2 Å². The molecular weight excluding hydrogens is 234 g/mol. The lowest BCUT2D eigenvalue weighted by Crippen LogP contribution is -2.44. The van der Waals surface area contributed by atoms with E-state index in [1.165, 1.54) is 12.8 Å². The quantitative estimate of drug-likeness (QED) is 0.877. The Kier molecular flexibility index (Phi) is 2.83. The maximum Gasteiger partial charge on any atom is 0.208 e. The van der Waals surface area contributed by atoms with E-state index in [9.17, 15) is 5.11 Å². The molecule has 0 saturated carbocycles. The highest BCUT2D eigenvalue weighted by atomic mass is 32.1. The predicted molar refractivity (Wildman–Crippen MR) is 68.5 cm³/mol. The van der Waals surface area contributed by atoms with Gasteiger partial charge in [-0.1, -0.05) is 25.2 Å². The number of fused-ring (bicyclic) bond motifs is 2. The minimum Gasteiger partial charge on any atom is -0.393 e. The molecule has 1 aromatic heterocycles. The maximum atomic E-state index is 9.79. The Morgan fingerprint density at radius 3 is 2.41 bits per heavy atom. The van der Waals surface area contributed by atoms with Crippen LogP contribution >= 0.6 is 11.3 Å². The van der Waals surface area contributed by atoms with E-state index < -0.39 is 0 Å². The zero-order chi connectivity index (χ0) is 12.0. The highest BCUT2D eigenvalue weighted by Gasteiger charge is 2.41. The predicted octanol–water partition coefficient (Wildman–Crippen LogP) is 2.15. The van der Waals surface area contributed by atoms with Crippen LogP contribution in [0.4, 0.5) is 5.13 Å². The van der Waals surface area contributed by atoms with E-state index in [0.29, 0.717) is 18.0 Å². The van der Waals surface area contributed by atoms with E-state index in [2.05, 4.69) is 28.9 Å². The molecule has 0 radical (unpaired) electrons. The van der Waals surface area contributed by atoms with Crippen LogP contribution in [0.25, 0.3) is 0 Å². The number of nitrogens with zero attached hydrogens (tertiary/aromatic N) is 3. The molecule has 2 saturated heterocycles. The monoisotopic (exact) mass is 253 g/mol. The fraction of sp³-hybridized carbons (Fsp3) is 0.833. The molecular formula is C12H19N3OS. The molecule has 1 aromatic rings. The van der Waals surface area contributed by atoms with Gasteiger partial charge >= 0.3 is 0 Å². The summed E-state index contributed by atoms with van der Waals surface area (Å²) in [6.45, 7) is 4.30. The van der Waals surface area contributed by atoms with Gasteiger partial charge in [-0.25, -0.2) is 0 Å². The smallest absolute Gasteiger partial charge is 0.208 e. The summed E-state index contributed by atoms with van der Waals surface area (Å²) in [5.41, 5.74) is 0. The van der Waals surface area contributed by atoms with Crippen LogP contribution in [0.3, 0.4) is 0 Å². The van der Waals surface area contributed by atoms with E-state index in [1.807, 2.05) is 0 Å². The molecule has 0 aliphatic carbocycles. The van der Waals surface area contributed by atoms with Crippen LogP contribution in [0.5, 0.6) is 0 Å². The van der Waals surface area contributed by atoms with Gasteiger partial charge in [-0.05, 0) is 25.7 Å². The van der Waals surface area contributed by atoms with Gasteiger partial charge < -0.3 is 10.0 Å². The average Bonchev–Trinajstić information content (AvgIpc) is 2.82. The molecule has 2 aliphatic heterocycles. The summed E-state index contributed by atoms with van der Waals surface area (Å²) in [6.07, 6.45) is 4.07. The van der Waals surface area contributed by atoms with Crippen molar-refractivity contribution in [1.29, 1.82) is 0 Å². The second-order valence-corrected chi connectivity index (χ2v) is 6.48. The molecule has 2 fully saturated rings. The zero-order valence-corrected chi connectivity index (χ0v) is 11.2. The Morgan fingerprint density at radius 1 is 1.24 bits per heavy atom. The third-order valence-electron chi connectivity index (χ3n) is 3.85. The standard InChI is InChI=1S/C12H19N3OS/c1-7(2)11-13-14-12(17-11)15-8-3-4-9(15)6-10(16)5-8/h7-10,16H,3-6H2,1-2H3. The summed E-state index contributed by atoms with van der Waals surface area (Å²) >= 11 is 1.72. The lowest BCUT2D eigenvalue weighted by molar-refractivity contribution is 0.126. The summed E-state index contributed by atoms with van der Waals surface area (Å²) in [5.74, 6) is 0.453. The van der Waals surface area contributed by atoms with Gasteiger partial charge in [0.1, 0.15) is 5.01 Å². The van der Waals surface area contributed by atoms with Crippen molar-refractivity contribution in [1.82, 2.24) is 10.2 Å². The van der Waals surface area contributed by atoms with Crippen molar-refractivity contribution >= 4 is 16.5 Å². The molecule has 0 amide bonds. The number of hydrogen-bond acceptors (Lipinski definition) is 5. The SMILES string of the molecule is CC(C)c1nnc(N2C3CCC2CC(O)C3)s1. The largest absolute Gasteiger partial charge is 0.393 e. The first-order valence-electron chi connectivity index (χ1n) is 6.45. The van der Waals surface area contributed by atoms with Crippen LogP contribution in [-0.2, 0) is 0 Å². The molecule has 2 unspecified atom stereocenters. The van der Waals surface area contributed by atoms with Crippen LogP contribution in [0.15, 0.2) is 0 Å². The van der Waals surface area contributed by atoms with Gasteiger partial charge in [-0.2, -0.15) is 0 Å². The van der Waals surface area contributed by atoms with E-state index in [0.717, 1.165) is 23.0 Å². The Labute approximate surface area is 106 Å². The van der Waals surface area contributed by atoms with E-state index in [1.54, 1.807) is 11.3 Å². The Bertz CT molecular complexity index is 392. The first kappa shape index (κ1) is 11.4. The molecule has 2 bridgehead atoms. The van der Waals surface area contributed by atoms with Crippen molar-refractivity contribution in [3.63, 3.8) is 0 Å². The Hall–Kier alpha value is -0.680. The number of aromatic nitrogens is 2. The lowest BCUT2D eigenvalue weighted by Gasteiger charge is -2.36. The Balaban J connectivity index is 1.84. The summed E-state index contributed by atoms with van der Waals surface area (Å²) < 4.78 is 0. The van der Waals surface area contributed by atoms with Gasteiger partial charge in [-0.3, -0.25) is 0 Å². The minimum atomic E-state index is -0.110. The van der Waals surface area contributed by atoms with Crippen molar-refractivity contribution < 1.29 is 5.11 Å². The summed E-state index contributed by atoms with van der Waals surface area (Å²) in [4.78, 5) is 2.41. The van der Waals surface area contributed by atoms with Crippen molar-refractivity contribution in [2.24, 2.45) is 0 Å². The van der Waals surface area contributed by atoms with Crippen LogP contribution in [-0.4, -0.2) is 33.5 Å². The normalized spacial score (nSPS) is 32.5. The van der Waals surface area contributed by atoms with Gasteiger partial charge in [0.25, 0.3) is 0 Å². The van der Waals surface area contributed by atoms with E-state index >= 15 is 0 Å². The number of rotatable bonds is 2. The molecule has 5 heteroatoms. The molecule has 2 atom stereocenters. The summed E-state index contributed by atoms with van der Waals surface area (Å²) in [5, 5.41) is 20.6. The lowest BCUT2D eigenvalue weighted by atomic mass is 10.0. The number of hydrogen-bond donors (Lipinski definition) is 1. The van der Waals surface area contributed by atoms with Crippen molar-refractivity contribution in [3.05, 3.63) is 5.01 Å². The molecule has 0 spiro atoms. The van der Waals surface area contributed by atoms with Gasteiger partial charge in [0.05, 0.1) is 6.10 Å². The molecule has 3 heterocycles. The zero-order valence-electron chi connectivity index (χ0n) is 10.3. The van der Waals surface area contributed by atoms with Crippen molar-refractivity contribution in [2.75, 3.05) is 4.90 Å². The summed E-state index contributed by atoms with van der Waals surface area (Å²) in [6, 6.07) is 0.966. The number of aliphatic hydroxyl groups excluding tert-OH is 1. The molecule has 2 aliphatic rings. The molecule has 3 rings (SSSR count). The van der Waals surface area contributed by atoms with Crippen LogP contribution < -0.4 is 4.90 Å². The number of anilines is 1. The van der Waals surface area contributed by atoms with E-state index in [-0.39, 0.29) is 6.10 Å². The van der Waals surface area contributed by atoms with Gasteiger partial charge in [0, 0.05) is 18.0 Å². The second-order valence-electron chi connectivity index (χ2n) is 5.50. The maximum absolute atomic E-state index is 9.79. The second kappa shape index (κ2) is 4.21. The summed E-state index contributed by atoms with van der Waals surface area (Å²) in [7, 11) is 0. The van der Waals surface area contributed by atoms with Crippen LogP contribution in [0, 0.1) is 0 Å². The van der Waals surface area contributed by atoms with E-state index in [4.69, 9.17) is 0 Å². The third-order valence-corrected chi connectivity index (χ3v) is 5.09. The van der Waals surface area contributed by atoms with Crippen molar-refractivity contribution in [2.45, 2.75) is 63.6 Å². The molecule has 94 valence electrons. The van der Waals surface area contributed by atoms with Crippen LogP contribution in [0.1, 0.15) is 50.5 Å².